The minimum Gasteiger partial charge on any atom is -0.0880 e. The first-order valence-corrected chi connectivity index (χ1v) is 7.02. The number of allylic oxidation sites excluding steroid dienone is 2. The Balaban J connectivity index is 2.49. The van der Waals surface area contributed by atoms with Crippen LogP contribution in [0, 0.1) is 17.8 Å². The lowest BCUT2D eigenvalue weighted by atomic mass is 9.81. The molecule has 1 rings (SSSR count). The smallest absolute Gasteiger partial charge is 0.0244 e. The second-order valence-electron chi connectivity index (χ2n) is 5.05. The van der Waals surface area contributed by atoms with Gasteiger partial charge in [0.2, 0.25) is 0 Å². The largest absolute Gasteiger partial charge is 0.0880 e. The average Bonchev–Trinajstić information content (AvgIpc) is 2.16. The van der Waals surface area contributed by atoms with Gasteiger partial charge < -0.3 is 0 Å². The lowest BCUT2D eigenvalue weighted by molar-refractivity contribution is 0.329. The highest BCUT2D eigenvalue weighted by molar-refractivity contribution is 9.09. The van der Waals surface area contributed by atoms with Crippen molar-refractivity contribution in [1.29, 1.82) is 0 Å². The summed E-state index contributed by atoms with van der Waals surface area (Å²) < 4.78 is 0. The normalized spacial score (nSPS) is 29.6. The van der Waals surface area contributed by atoms with E-state index in [-0.39, 0.29) is 0 Å². The van der Waals surface area contributed by atoms with Gasteiger partial charge in [-0.1, -0.05) is 61.2 Å². The minimum atomic E-state index is 0.703. The second-order valence-corrected chi connectivity index (χ2v) is 5.61. The summed E-state index contributed by atoms with van der Waals surface area (Å²) in [6, 6.07) is 0. The highest BCUT2D eigenvalue weighted by atomic mass is 79.9. The Morgan fingerprint density at radius 3 is 2.29 bits per heavy atom. The Morgan fingerprint density at radius 1 is 1.29 bits per heavy atom. The van der Waals surface area contributed by atoms with Crippen LogP contribution in [0.4, 0.5) is 0 Å². The molecular formula is C13H23Br. The van der Waals surface area contributed by atoms with Gasteiger partial charge in [-0.25, -0.2) is 0 Å². The fraction of sp³-hybridized carbons (Fsp3) is 0.846. The van der Waals surface area contributed by atoms with Gasteiger partial charge in [-0.15, -0.1) is 0 Å². The maximum Gasteiger partial charge on any atom is 0.0244 e. The third-order valence-corrected chi connectivity index (χ3v) is 4.05. The van der Waals surface area contributed by atoms with E-state index in [1.165, 1.54) is 25.7 Å². The molecule has 14 heavy (non-hydrogen) atoms. The lowest BCUT2D eigenvalue weighted by Gasteiger charge is -2.25. The standard InChI is InChI=1S/C13H23Br/c1-10(2)13(9-14)8-12-6-4-11(3)5-7-12/h8,10-12H,4-7,9H2,1-3H3/b13-8-. The van der Waals surface area contributed by atoms with Gasteiger partial charge in [0.25, 0.3) is 0 Å². The molecule has 0 radical (unpaired) electrons. The predicted octanol–water partition coefficient (Wildman–Crippen LogP) is 4.79. The fourth-order valence-corrected chi connectivity index (χ4v) is 2.98. The molecule has 0 saturated heterocycles. The van der Waals surface area contributed by atoms with Crippen LogP contribution in [0.5, 0.6) is 0 Å². The fourth-order valence-electron chi connectivity index (χ4n) is 2.15. The van der Waals surface area contributed by atoms with Crippen molar-refractivity contribution in [3.63, 3.8) is 0 Å². The van der Waals surface area contributed by atoms with Gasteiger partial charge in [-0.3, -0.25) is 0 Å². The van der Waals surface area contributed by atoms with E-state index in [0.717, 1.165) is 17.2 Å². The minimum absolute atomic E-state index is 0.703. The molecule has 82 valence electrons. The molecule has 0 aliphatic heterocycles. The molecule has 0 amide bonds. The van der Waals surface area contributed by atoms with Crippen LogP contribution in [0.1, 0.15) is 46.5 Å². The van der Waals surface area contributed by atoms with Gasteiger partial charge in [0.15, 0.2) is 0 Å². The summed E-state index contributed by atoms with van der Waals surface area (Å²) >= 11 is 3.59. The zero-order valence-electron chi connectivity index (χ0n) is 9.72. The predicted molar refractivity (Wildman–Crippen MR) is 67.8 cm³/mol. The van der Waals surface area contributed by atoms with Gasteiger partial charge in [-0.2, -0.15) is 0 Å². The van der Waals surface area contributed by atoms with Gasteiger partial charge >= 0.3 is 0 Å². The van der Waals surface area contributed by atoms with Crippen LogP contribution >= 0.6 is 15.9 Å². The highest BCUT2D eigenvalue weighted by Gasteiger charge is 2.17. The van der Waals surface area contributed by atoms with Crippen molar-refractivity contribution < 1.29 is 0 Å². The molecule has 0 heterocycles. The Kier molecular flexibility index (Phi) is 5.22. The third kappa shape index (κ3) is 3.76. The molecule has 0 aromatic rings. The Hall–Kier alpha value is 0.220. The summed E-state index contributed by atoms with van der Waals surface area (Å²) in [6.45, 7) is 6.96. The van der Waals surface area contributed by atoms with Crippen molar-refractivity contribution in [2.24, 2.45) is 17.8 Å². The van der Waals surface area contributed by atoms with Crippen LogP contribution < -0.4 is 0 Å². The van der Waals surface area contributed by atoms with E-state index in [2.05, 4.69) is 42.8 Å². The summed E-state index contributed by atoms with van der Waals surface area (Å²) in [4.78, 5) is 0. The Bertz CT molecular complexity index is 185. The van der Waals surface area contributed by atoms with E-state index in [1.54, 1.807) is 5.57 Å². The third-order valence-electron chi connectivity index (χ3n) is 3.41. The first-order chi connectivity index (χ1) is 6.63. The molecule has 0 unspecified atom stereocenters. The molecule has 1 heteroatoms. The number of hydrogen-bond acceptors (Lipinski definition) is 0. The Morgan fingerprint density at radius 2 is 1.86 bits per heavy atom. The van der Waals surface area contributed by atoms with Crippen LogP contribution in [0.3, 0.4) is 0 Å². The maximum absolute atomic E-state index is 3.59. The zero-order valence-corrected chi connectivity index (χ0v) is 11.3. The average molecular weight is 259 g/mol. The monoisotopic (exact) mass is 258 g/mol. The van der Waals surface area contributed by atoms with Gasteiger partial charge in [0.1, 0.15) is 0 Å². The molecule has 1 saturated carbocycles. The first-order valence-electron chi connectivity index (χ1n) is 5.90. The van der Waals surface area contributed by atoms with Gasteiger partial charge in [0.05, 0.1) is 0 Å². The molecule has 0 nitrogen and oxygen atoms in total. The highest BCUT2D eigenvalue weighted by Crippen LogP contribution is 2.30. The number of alkyl halides is 1. The van der Waals surface area contributed by atoms with Crippen LogP contribution in [0.25, 0.3) is 0 Å². The van der Waals surface area contributed by atoms with Crippen LogP contribution in [-0.2, 0) is 0 Å². The molecule has 0 spiro atoms. The summed E-state index contributed by atoms with van der Waals surface area (Å²) in [7, 11) is 0. The topological polar surface area (TPSA) is 0 Å². The number of halogens is 1. The van der Waals surface area contributed by atoms with Crippen molar-refractivity contribution in [3.05, 3.63) is 11.6 Å². The van der Waals surface area contributed by atoms with E-state index >= 15 is 0 Å². The summed E-state index contributed by atoms with van der Waals surface area (Å²) in [6.07, 6.45) is 8.20. The SMILES string of the molecule is CC1CCC(/C=C(/CBr)C(C)C)CC1. The molecule has 0 atom stereocenters. The number of rotatable bonds is 3. The van der Waals surface area contributed by atoms with Crippen molar-refractivity contribution >= 4 is 15.9 Å². The number of hydrogen-bond donors (Lipinski definition) is 0. The van der Waals surface area contributed by atoms with Gasteiger partial charge in [0, 0.05) is 5.33 Å². The lowest BCUT2D eigenvalue weighted by Crippen LogP contribution is -2.11. The quantitative estimate of drug-likeness (QED) is 0.505. The molecule has 0 aromatic heterocycles. The van der Waals surface area contributed by atoms with Gasteiger partial charge in [-0.05, 0) is 30.6 Å². The van der Waals surface area contributed by atoms with Crippen molar-refractivity contribution in [3.8, 4) is 0 Å². The summed E-state index contributed by atoms with van der Waals surface area (Å²) in [5, 5.41) is 1.05. The molecule has 0 bridgehead atoms. The second kappa shape index (κ2) is 5.95. The van der Waals surface area contributed by atoms with E-state index in [0.29, 0.717) is 5.92 Å². The summed E-state index contributed by atoms with van der Waals surface area (Å²) in [5.74, 6) is 2.53. The van der Waals surface area contributed by atoms with Crippen molar-refractivity contribution in [1.82, 2.24) is 0 Å². The van der Waals surface area contributed by atoms with Crippen LogP contribution in [-0.4, -0.2) is 5.33 Å². The van der Waals surface area contributed by atoms with Crippen molar-refractivity contribution in [2.75, 3.05) is 5.33 Å². The Labute approximate surface area is 97.3 Å². The van der Waals surface area contributed by atoms with E-state index in [4.69, 9.17) is 0 Å². The van der Waals surface area contributed by atoms with Crippen molar-refractivity contribution in [2.45, 2.75) is 46.5 Å². The molecule has 0 aromatic carbocycles. The van der Waals surface area contributed by atoms with E-state index in [1.807, 2.05) is 0 Å². The molecular weight excluding hydrogens is 236 g/mol. The zero-order chi connectivity index (χ0) is 10.6. The van der Waals surface area contributed by atoms with Crippen LogP contribution in [0.2, 0.25) is 0 Å². The summed E-state index contributed by atoms with van der Waals surface area (Å²) in [5.41, 5.74) is 1.59. The van der Waals surface area contributed by atoms with E-state index < -0.39 is 0 Å². The molecule has 1 aliphatic rings. The van der Waals surface area contributed by atoms with E-state index in [9.17, 15) is 0 Å². The first kappa shape index (κ1) is 12.3. The molecule has 1 fully saturated rings. The maximum atomic E-state index is 3.59. The van der Waals surface area contributed by atoms with Crippen LogP contribution in [0.15, 0.2) is 11.6 Å². The molecule has 0 N–H and O–H groups in total. The molecule has 1 aliphatic carbocycles.